The number of halogens is 5. The van der Waals surface area contributed by atoms with E-state index in [1.165, 1.54) is 51.4 Å². The summed E-state index contributed by atoms with van der Waals surface area (Å²) in [5, 5.41) is 0.481. The highest BCUT2D eigenvalue weighted by Crippen LogP contribution is 2.48. The minimum atomic E-state index is -4.80. The largest absolute Gasteiger partial charge is 0.458 e. The number of rotatable bonds is 5. The minimum Gasteiger partial charge on any atom is -0.205 e. The molecule has 0 saturated heterocycles. The van der Waals surface area contributed by atoms with Gasteiger partial charge in [-0.2, -0.15) is 13.2 Å². The van der Waals surface area contributed by atoms with Crippen LogP contribution in [-0.2, 0) is 0 Å². The molecule has 0 aromatic heterocycles. The van der Waals surface area contributed by atoms with Gasteiger partial charge in [-0.15, -0.1) is 0 Å². The summed E-state index contributed by atoms with van der Waals surface area (Å²) in [6, 6.07) is 6.33. The van der Waals surface area contributed by atoms with Crippen LogP contribution in [0.25, 0.3) is 10.8 Å². The molecule has 4 rings (SSSR count). The summed E-state index contributed by atoms with van der Waals surface area (Å²) in [7, 11) is 0. The van der Waals surface area contributed by atoms with Crippen molar-refractivity contribution in [1.29, 1.82) is 0 Å². The molecule has 33 heavy (non-hydrogen) atoms. The van der Waals surface area contributed by atoms with E-state index in [-0.39, 0.29) is 5.39 Å². The number of unbranched alkanes of at least 4 members (excludes halogenated alkanes) is 2. The van der Waals surface area contributed by atoms with Gasteiger partial charge in [-0.3, -0.25) is 0 Å². The third-order valence-electron chi connectivity index (χ3n) is 7.79. The maximum Gasteiger partial charge on any atom is 0.458 e. The zero-order valence-electron chi connectivity index (χ0n) is 19.1. The summed E-state index contributed by atoms with van der Waals surface area (Å²) in [5.41, 5.74) is 0.239. The van der Waals surface area contributed by atoms with E-state index in [1.807, 2.05) is 12.1 Å². The molecule has 0 bridgehead atoms. The molecular formula is C28H31F5. The molecule has 4 atom stereocenters. The predicted molar refractivity (Wildman–Crippen MR) is 122 cm³/mol. The summed E-state index contributed by atoms with van der Waals surface area (Å²) in [6.07, 6.45) is 7.81. The van der Waals surface area contributed by atoms with Crippen LogP contribution in [0.1, 0.15) is 88.2 Å². The van der Waals surface area contributed by atoms with Crippen molar-refractivity contribution >= 4 is 10.8 Å². The summed E-state index contributed by atoms with van der Waals surface area (Å²) in [5.74, 6) is 3.24. The Morgan fingerprint density at radius 2 is 1.70 bits per heavy atom. The first-order chi connectivity index (χ1) is 15.7. The van der Waals surface area contributed by atoms with Crippen LogP contribution in [0, 0.1) is 41.2 Å². The molecule has 0 radical (unpaired) electrons. The Morgan fingerprint density at radius 1 is 0.939 bits per heavy atom. The second-order valence-corrected chi connectivity index (χ2v) is 9.98. The van der Waals surface area contributed by atoms with Crippen molar-refractivity contribution in [2.45, 2.75) is 83.2 Å². The normalized spacial score (nSPS) is 25.4. The first-order valence-corrected chi connectivity index (χ1v) is 12.3. The van der Waals surface area contributed by atoms with Gasteiger partial charge in [-0.25, -0.2) is 8.78 Å². The van der Waals surface area contributed by atoms with Gasteiger partial charge >= 0.3 is 6.18 Å². The van der Waals surface area contributed by atoms with Gasteiger partial charge in [0.2, 0.25) is 0 Å². The maximum atomic E-state index is 14.7. The van der Waals surface area contributed by atoms with E-state index in [4.69, 9.17) is 0 Å². The topological polar surface area (TPSA) is 0 Å². The highest BCUT2D eigenvalue weighted by molar-refractivity contribution is 5.85. The monoisotopic (exact) mass is 462 g/mol. The van der Waals surface area contributed by atoms with E-state index < -0.39 is 23.4 Å². The van der Waals surface area contributed by atoms with Crippen LogP contribution in [0.5, 0.6) is 0 Å². The Bertz CT molecular complexity index is 1040. The summed E-state index contributed by atoms with van der Waals surface area (Å²) in [4.78, 5) is 0. The quantitative estimate of drug-likeness (QED) is 0.236. The molecule has 0 spiro atoms. The van der Waals surface area contributed by atoms with Crippen LogP contribution in [-0.4, -0.2) is 6.18 Å². The van der Waals surface area contributed by atoms with Crippen LogP contribution >= 0.6 is 0 Å². The molecule has 2 aromatic carbocycles. The fourth-order valence-electron chi connectivity index (χ4n) is 6.08. The number of hydrogen-bond donors (Lipinski definition) is 0. The van der Waals surface area contributed by atoms with Gasteiger partial charge in [-0.1, -0.05) is 63.1 Å². The lowest BCUT2D eigenvalue weighted by Crippen LogP contribution is -2.30. The van der Waals surface area contributed by atoms with E-state index in [9.17, 15) is 22.0 Å². The molecule has 5 heteroatoms. The standard InChI is InChI=1S/C28H31F5/c1-2-3-4-5-18-6-7-20-15-21(9-8-19(20)14-18)22-10-11-24-23(16-22)17-26(29)25(27(24)30)12-13-28(31,32)33/h10-11,16-21H,2-9,14-15H2,1H3. The lowest BCUT2D eigenvalue weighted by atomic mass is 9.63. The molecule has 0 N–H and O–H groups in total. The Balaban J connectivity index is 1.48. The van der Waals surface area contributed by atoms with E-state index >= 15 is 0 Å². The van der Waals surface area contributed by atoms with E-state index in [1.54, 1.807) is 12.0 Å². The van der Waals surface area contributed by atoms with Crippen molar-refractivity contribution in [1.82, 2.24) is 0 Å². The lowest BCUT2D eigenvalue weighted by Gasteiger charge is -2.42. The molecule has 2 aromatic rings. The van der Waals surface area contributed by atoms with E-state index in [2.05, 4.69) is 6.92 Å². The highest BCUT2D eigenvalue weighted by Gasteiger charge is 2.36. The Kier molecular flexibility index (Phi) is 7.31. The van der Waals surface area contributed by atoms with Gasteiger partial charge in [-0.05, 0) is 72.8 Å². The van der Waals surface area contributed by atoms with Gasteiger partial charge in [0.15, 0.2) is 0 Å². The number of fused-ring (bicyclic) bond motifs is 2. The molecular weight excluding hydrogens is 431 g/mol. The number of benzene rings is 2. The van der Waals surface area contributed by atoms with Crippen LogP contribution < -0.4 is 0 Å². The second-order valence-electron chi connectivity index (χ2n) is 9.98. The highest BCUT2D eigenvalue weighted by atomic mass is 19.4. The summed E-state index contributed by atoms with van der Waals surface area (Å²) < 4.78 is 66.2. The molecule has 2 saturated carbocycles. The van der Waals surface area contributed by atoms with Crippen LogP contribution in [0.2, 0.25) is 0 Å². The van der Waals surface area contributed by atoms with Crippen LogP contribution in [0.4, 0.5) is 22.0 Å². The van der Waals surface area contributed by atoms with Gasteiger partial charge < -0.3 is 0 Å². The lowest BCUT2D eigenvalue weighted by molar-refractivity contribution is -0.0696. The third-order valence-corrected chi connectivity index (χ3v) is 7.79. The first kappa shape index (κ1) is 24.0. The SMILES string of the molecule is CCCCCC1CCC2CC(c3ccc4c(F)c(C#CC(F)(F)F)c(F)cc4c3)CCC2C1. The molecule has 2 aliphatic rings. The van der Waals surface area contributed by atoms with Crippen LogP contribution in [0.15, 0.2) is 24.3 Å². The zero-order chi connectivity index (χ0) is 23.6. The van der Waals surface area contributed by atoms with Crippen molar-refractivity contribution in [2.75, 3.05) is 0 Å². The fourth-order valence-corrected chi connectivity index (χ4v) is 6.08. The van der Waals surface area contributed by atoms with Gasteiger partial charge in [0.1, 0.15) is 11.6 Å². The Hall–Kier alpha value is -2.09. The van der Waals surface area contributed by atoms with E-state index in [0.717, 1.165) is 48.1 Å². The molecule has 0 amide bonds. The minimum absolute atomic E-state index is 0.105. The first-order valence-electron chi connectivity index (χ1n) is 12.3. The molecule has 0 heterocycles. The van der Waals surface area contributed by atoms with Crippen molar-refractivity contribution < 1.29 is 22.0 Å². The van der Waals surface area contributed by atoms with Crippen molar-refractivity contribution in [3.63, 3.8) is 0 Å². The second kappa shape index (κ2) is 10.0. The Morgan fingerprint density at radius 3 is 2.45 bits per heavy atom. The van der Waals surface area contributed by atoms with Crippen molar-refractivity contribution in [3.8, 4) is 11.8 Å². The number of alkyl halides is 3. The molecule has 4 unspecified atom stereocenters. The summed E-state index contributed by atoms with van der Waals surface area (Å²) in [6.45, 7) is 2.24. The maximum absolute atomic E-state index is 14.7. The van der Waals surface area contributed by atoms with Crippen molar-refractivity contribution in [2.24, 2.45) is 17.8 Å². The predicted octanol–water partition coefficient (Wildman–Crippen LogP) is 8.91. The average Bonchev–Trinajstić information content (AvgIpc) is 2.77. The van der Waals surface area contributed by atoms with Gasteiger partial charge in [0.05, 0.1) is 5.56 Å². The van der Waals surface area contributed by atoms with Crippen molar-refractivity contribution in [3.05, 3.63) is 47.0 Å². The van der Waals surface area contributed by atoms with Gasteiger partial charge in [0, 0.05) is 11.3 Å². The van der Waals surface area contributed by atoms with E-state index in [0.29, 0.717) is 11.3 Å². The number of hydrogen-bond acceptors (Lipinski definition) is 0. The molecule has 178 valence electrons. The third kappa shape index (κ3) is 5.70. The average molecular weight is 463 g/mol. The zero-order valence-corrected chi connectivity index (χ0v) is 19.1. The Labute approximate surface area is 192 Å². The smallest absolute Gasteiger partial charge is 0.205 e. The molecule has 0 aliphatic heterocycles. The fraction of sp³-hybridized carbons (Fsp3) is 0.571. The summed E-state index contributed by atoms with van der Waals surface area (Å²) >= 11 is 0. The van der Waals surface area contributed by atoms with Gasteiger partial charge in [0.25, 0.3) is 0 Å². The molecule has 2 aliphatic carbocycles. The molecule has 2 fully saturated rings. The molecule has 0 nitrogen and oxygen atoms in total. The van der Waals surface area contributed by atoms with Crippen LogP contribution in [0.3, 0.4) is 0 Å².